The van der Waals surface area contributed by atoms with Gasteiger partial charge in [-0.2, -0.15) is 0 Å². The first-order valence-corrected chi connectivity index (χ1v) is 6.59. The van der Waals surface area contributed by atoms with Crippen LogP contribution < -0.4 is 4.90 Å². The molecule has 1 N–H and O–H groups in total. The molecule has 0 spiro atoms. The fourth-order valence-electron chi connectivity index (χ4n) is 1.54. The van der Waals surface area contributed by atoms with E-state index >= 15 is 0 Å². The molecule has 6 nitrogen and oxygen atoms in total. The third kappa shape index (κ3) is 3.25. The molecular weight excluding hydrogens is 264 g/mol. The molecule has 7 heteroatoms. The van der Waals surface area contributed by atoms with Crippen molar-refractivity contribution in [2.45, 2.75) is 5.16 Å². The number of carboxylic acids is 1. The van der Waals surface area contributed by atoms with Crippen molar-refractivity contribution in [1.29, 1.82) is 0 Å². The molecule has 1 aromatic carbocycles. The fourth-order valence-corrected chi connectivity index (χ4v) is 2.19. The van der Waals surface area contributed by atoms with Crippen LogP contribution in [0.4, 0.5) is 5.69 Å². The molecule has 0 bridgehead atoms. The van der Waals surface area contributed by atoms with Crippen LogP contribution in [0.25, 0.3) is 5.69 Å². The number of anilines is 1. The molecule has 0 saturated carbocycles. The predicted octanol–water partition coefficient (Wildman–Crippen LogP) is 1.51. The summed E-state index contributed by atoms with van der Waals surface area (Å²) in [5.74, 6) is -0.906. The van der Waals surface area contributed by atoms with Gasteiger partial charge in [0.05, 0.1) is 5.75 Å². The van der Waals surface area contributed by atoms with E-state index in [0.717, 1.165) is 23.1 Å². The molecule has 0 saturated heterocycles. The minimum atomic E-state index is -0.873. The van der Waals surface area contributed by atoms with Crippen molar-refractivity contribution in [3.05, 3.63) is 30.6 Å². The third-order valence-corrected chi connectivity index (χ3v) is 3.41. The summed E-state index contributed by atoms with van der Waals surface area (Å²) >= 11 is 1.15. The lowest BCUT2D eigenvalue weighted by Gasteiger charge is -2.13. The molecule has 0 aliphatic carbocycles. The summed E-state index contributed by atoms with van der Waals surface area (Å²) in [6.45, 7) is 0. The van der Waals surface area contributed by atoms with Crippen molar-refractivity contribution in [1.82, 2.24) is 14.8 Å². The lowest BCUT2D eigenvalue weighted by atomic mass is 10.2. The first-order valence-electron chi connectivity index (χ1n) is 5.60. The minimum absolute atomic E-state index is 0.0333. The zero-order valence-corrected chi connectivity index (χ0v) is 11.5. The van der Waals surface area contributed by atoms with Gasteiger partial charge in [0.15, 0.2) is 5.16 Å². The van der Waals surface area contributed by atoms with Gasteiger partial charge in [-0.15, -0.1) is 10.2 Å². The molecule has 100 valence electrons. The van der Waals surface area contributed by atoms with Gasteiger partial charge in [0.2, 0.25) is 0 Å². The molecule has 0 fully saturated rings. The van der Waals surface area contributed by atoms with Crippen LogP contribution in [-0.4, -0.2) is 45.7 Å². The summed E-state index contributed by atoms with van der Waals surface area (Å²) in [6.07, 6.45) is 1.58. The van der Waals surface area contributed by atoms with Crippen molar-refractivity contribution in [2.24, 2.45) is 0 Å². The highest BCUT2D eigenvalue weighted by molar-refractivity contribution is 7.99. The van der Waals surface area contributed by atoms with Crippen molar-refractivity contribution in [3.63, 3.8) is 0 Å². The maximum Gasteiger partial charge on any atom is 0.313 e. The Morgan fingerprint density at radius 3 is 2.63 bits per heavy atom. The normalized spacial score (nSPS) is 10.4. The standard InChI is InChI=1S/C12H14N4O2S/c1-15(2)9-3-5-10(6-4-9)16-8-13-14-12(16)19-7-11(17)18/h3-6,8H,7H2,1-2H3,(H,17,18). The Hall–Kier alpha value is -2.02. The molecule has 1 aromatic heterocycles. The molecule has 1 heterocycles. The van der Waals surface area contributed by atoms with E-state index in [1.54, 1.807) is 10.9 Å². The van der Waals surface area contributed by atoms with Crippen molar-refractivity contribution < 1.29 is 9.90 Å². The van der Waals surface area contributed by atoms with Gasteiger partial charge in [0.1, 0.15) is 6.33 Å². The van der Waals surface area contributed by atoms with Crippen LogP contribution in [0.3, 0.4) is 0 Å². The zero-order valence-electron chi connectivity index (χ0n) is 10.6. The lowest BCUT2D eigenvalue weighted by molar-refractivity contribution is -0.133. The second-order valence-corrected chi connectivity index (χ2v) is 5.02. The van der Waals surface area contributed by atoms with E-state index in [0.29, 0.717) is 5.16 Å². The summed E-state index contributed by atoms with van der Waals surface area (Å²) in [5.41, 5.74) is 2.00. The lowest BCUT2D eigenvalue weighted by Crippen LogP contribution is -2.08. The molecule has 0 radical (unpaired) electrons. The van der Waals surface area contributed by atoms with Crippen LogP contribution in [0, 0.1) is 0 Å². The quantitative estimate of drug-likeness (QED) is 0.836. The molecule has 19 heavy (non-hydrogen) atoms. The first kappa shape index (κ1) is 13.4. The largest absolute Gasteiger partial charge is 0.481 e. The highest BCUT2D eigenvalue weighted by Crippen LogP contribution is 2.21. The van der Waals surface area contributed by atoms with Gasteiger partial charge in [-0.3, -0.25) is 9.36 Å². The van der Waals surface area contributed by atoms with Gasteiger partial charge < -0.3 is 10.0 Å². The average Bonchev–Trinajstić information content (AvgIpc) is 2.84. The van der Waals surface area contributed by atoms with Gasteiger partial charge >= 0.3 is 5.97 Å². The zero-order chi connectivity index (χ0) is 13.8. The fraction of sp³-hybridized carbons (Fsp3) is 0.250. The third-order valence-electron chi connectivity index (χ3n) is 2.49. The van der Waals surface area contributed by atoms with Crippen LogP contribution in [0.5, 0.6) is 0 Å². The molecule has 0 amide bonds. The van der Waals surface area contributed by atoms with Gasteiger partial charge in [0, 0.05) is 25.5 Å². The van der Waals surface area contributed by atoms with Crippen molar-refractivity contribution >= 4 is 23.4 Å². The Labute approximate surface area is 115 Å². The van der Waals surface area contributed by atoms with Gasteiger partial charge in [-0.05, 0) is 24.3 Å². The van der Waals surface area contributed by atoms with E-state index in [2.05, 4.69) is 10.2 Å². The molecule has 2 rings (SSSR count). The number of hydrogen-bond acceptors (Lipinski definition) is 5. The number of carbonyl (C=O) groups is 1. The Kier molecular flexibility index (Phi) is 4.06. The number of thioether (sulfide) groups is 1. The molecule has 0 aliphatic rings. The predicted molar refractivity (Wildman–Crippen MR) is 74.0 cm³/mol. The smallest absolute Gasteiger partial charge is 0.313 e. The topological polar surface area (TPSA) is 71.2 Å². The first-order chi connectivity index (χ1) is 9.08. The van der Waals surface area contributed by atoms with E-state index in [1.165, 1.54) is 0 Å². The van der Waals surface area contributed by atoms with E-state index in [4.69, 9.17) is 5.11 Å². The van der Waals surface area contributed by atoms with Crippen LogP contribution in [0.2, 0.25) is 0 Å². The van der Waals surface area contributed by atoms with Gasteiger partial charge in [-0.1, -0.05) is 11.8 Å². The second kappa shape index (κ2) is 5.75. The number of benzene rings is 1. The second-order valence-electron chi connectivity index (χ2n) is 4.08. The van der Waals surface area contributed by atoms with E-state index < -0.39 is 5.97 Å². The summed E-state index contributed by atoms with van der Waals surface area (Å²) < 4.78 is 1.77. The van der Waals surface area contributed by atoms with Crippen molar-refractivity contribution in [3.8, 4) is 5.69 Å². The number of nitrogens with zero attached hydrogens (tertiary/aromatic N) is 4. The van der Waals surface area contributed by atoms with Crippen LogP contribution in [-0.2, 0) is 4.79 Å². The van der Waals surface area contributed by atoms with E-state index in [-0.39, 0.29) is 5.75 Å². The van der Waals surface area contributed by atoms with Crippen molar-refractivity contribution in [2.75, 3.05) is 24.7 Å². The maximum atomic E-state index is 10.6. The summed E-state index contributed by atoms with van der Waals surface area (Å²) in [7, 11) is 3.95. The Balaban J connectivity index is 2.22. The highest BCUT2D eigenvalue weighted by Gasteiger charge is 2.09. The highest BCUT2D eigenvalue weighted by atomic mass is 32.2. The number of aromatic nitrogens is 3. The summed E-state index contributed by atoms with van der Waals surface area (Å²) in [6, 6.07) is 7.87. The Morgan fingerprint density at radius 2 is 2.05 bits per heavy atom. The molecular formula is C12H14N4O2S. The van der Waals surface area contributed by atoms with Crippen LogP contribution >= 0.6 is 11.8 Å². The number of hydrogen-bond donors (Lipinski definition) is 1. The molecule has 0 atom stereocenters. The van der Waals surface area contributed by atoms with Gasteiger partial charge in [0.25, 0.3) is 0 Å². The molecule has 2 aromatic rings. The Morgan fingerprint density at radius 1 is 1.37 bits per heavy atom. The molecule has 0 unspecified atom stereocenters. The number of aliphatic carboxylic acids is 1. The summed E-state index contributed by atoms with van der Waals surface area (Å²) in [4.78, 5) is 12.6. The molecule has 0 aliphatic heterocycles. The number of carboxylic acid groups (broad SMARTS) is 1. The van der Waals surface area contributed by atoms with Gasteiger partial charge in [-0.25, -0.2) is 0 Å². The van der Waals surface area contributed by atoms with E-state index in [1.807, 2.05) is 43.3 Å². The number of rotatable bonds is 5. The van der Waals surface area contributed by atoms with E-state index in [9.17, 15) is 4.79 Å². The van der Waals surface area contributed by atoms with Crippen LogP contribution in [0.15, 0.2) is 35.7 Å². The minimum Gasteiger partial charge on any atom is -0.481 e. The monoisotopic (exact) mass is 278 g/mol. The average molecular weight is 278 g/mol. The Bertz CT molecular complexity index is 565. The summed E-state index contributed by atoms with van der Waals surface area (Å²) in [5, 5.41) is 17.0. The SMILES string of the molecule is CN(C)c1ccc(-n2cnnc2SCC(=O)O)cc1. The van der Waals surface area contributed by atoms with Crippen LogP contribution in [0.1, 0.15) is 0 Å². The maximum absolute atomic E-state index is 10.6.